The SMILES string of the molecule is Clc1cc(Nc2ncnc3scc(C4CCNCC4)c23)ccc1OCc1ccccn1. The average molecular weight is 452 g/mol. The Kier molecular flexibility index (Phi) is 5.97. The Morgan fingerprint density at radius 3 is 2.84 bits per heavy atom. The average Bonchev–Trinajstić information content (AvgIpc) is 3.25. The number of thiophene rings is 1. The number of fused-ring (bicyclic) bond motifs is 1. The Hall–Kier alpha value is -2.74. The van der Waals surface area contributed by atoms with Crippen molar-refractivity contribution in [3.05, 3.63) is 70.6 Å². The van der Waals surface area contributed by atoms with Gasteiger partial charge in [0.2, 0.25) is 0 Å². The van der Waals surface area contributed by atoms with Crippen molar-refractivity contribution in [2.45, 2.75) is 25.4 Å². The molecule has 0 bridgehead atoms. The molecule has 1 saturated heterocycles. The van der Waals surface area contributed by atoms with Crippen LogP contribution in [0, 0.1) is 0 Å². The number of hydrogen-bond donors (Lipinski definition) is 2. The molecular weight excluding hydrogens is 430 g/mol. The summed E-state index contributed by atoms with van der Waals surface area (Å²) in [4.78, 5) is 14.3. The summed E-state index contributed by atoms with van der Waals surface area (Å²) in [6, 6.07) is 11.4. The van der Waals surface area contributed by atoms with E-state index in [0.717, 1.165) is 53.3 Å². The molecule has 4 aromatic rings. The standard InChI is InChI=1S/C23H22ClN5OS/c24-19-11-16(4-5-20(19)30-12-17-3-1-2-8-26-17)29-22-21-18(15-6-9-25-10-7-15)13-31-23(21)28-14-27-22/h1-5,8,11,13-15,25H,6-7,9-10,12H2,(H,27,28,29). The fraction of sp³-hybridized carbons (Fsp3) is 0.261. The van der Waals surface area contributed by atoms with E-state index in [1.54, 1.807) is 23.9 Å². The van der Waals surface area contributed by atoms with Crippen molar-refractivity contribution in [3.8, 4) is 5.75 Å². The Bertz CT molecular complexity index is 1180. The predicted molar refractivity (Wildman–Crippen MR) is 126 cm³/mol. The smallest absolute Gasteiger partial charge is 0.142 e. The zero-order chi connectivity index (χ0) is 21.0. The minimum atomic E-state index is 0.369. The number of rotatable bonds is 6. The molecule has 1 aliphatic heterocycles. The molecule has 1 aromatic carbocycles. The normalized spacial score (nSPS) is 14.6. The second-order valence-corrected chi connectivity index (χ2v) is 8.76. The van der Waals surface area contributed by atoms with Crippen molar-refractivity contribution in [1.82, 2.24) is 20.3 Å². The molecule has 0 saturated carbocycles. The molecule has 5 rings (SSSR count). The summed E-state index contributed by atoms with van der Waals surface area (Å²) in [6.45, 7) is 2.47. The molecule has 1 aliphatic rings. The maximum Gasteiger partial charge on any atom is 0.142 e. The summed E-state index contributed by atoms with van der Waals surface area (Å²) in [5, 5.41) is 10.8. The minimum Gasteiger partial charge on any atom is -0.486 e. The van der Waals surface area contributed by atoms with Crippen LogP contribution in [-0.2, 0) is 6.61 Å². The van der Waals surface area contributed by atoms with Crippen LogP contribution >= 0.6 is 22.9 Å². The van der Waals surface area contributed by atoms with E-state index in [1.807, 2.05) is 36.4 Å². The third kappa shape index (κ3) is 4.49. The lowest BCUT2D eigenvalue weighted by molar-refractivity contribution is 0.301. The van der Waals surface area contributed by atoms with Gasteiger partial charge in [0.15, 0.2) is 0 Å². The Labute approximate surface area is 189 Å². The first kappa shape index (κ1) is 20.2. The number of piperidine rings is 1. The van der Waals surface area contributed by atoms with Crippen molar-refractivity contribution in [3.63, 3.8) is 0 Å². The summed E-state index contributed by atoms with van der Waals surface area (Å²) < 4.78 is 5.83. The van der Waals surface area contributed by atoms with Gasteiger partial charge in [0.05, 0.1) is 16.1 Å². The second kappa shape index (κ2) is 9.18. The van der Waals surface area contributed by atoms with E-state index in [-0.39, 0.29) is 0 Å². The quantitative estimate of drug-likeness (QED) is 0.401. The van der Waals surface area contributed by atoms with Crippen LogP contribution in [0.15, 0.2) is 54.3 Å². The third-order valence-corrected chi connectivity index (χ3v) is 6.67. The van der Waals surface area contributed by atoms with Gasteiger partial charge in [-0.2, -0.15) is 0 Å². The maximum absolute atomic E-state index is 6.49. The van der Waals surface area contributed by atoms with Gasteiger partial charge in [0.1, 0.15) is 29.3 Å². The van der Waals surface area contributed by atoms with Gasteiger partial charge in [-0.3, -0.25) is 4.98 Å². The fourth-order valence-corrected chi connectivity index (χ4v) is 5.12. The zero-order valence-electron chi connectivity index (χ0n) is 16.8. The Morgan fingerprint density at radius 2 is 2.03 bits per heavy atom. The van der Waals surface area contributed by atoms with Crippen molar-refractivity contribution in [1.29, 1.82) is 0 Å². The number of benzene rings is 1. The van der Waals surface area contributed by atoms with E-state index in [2.05, 4.69) is 31.0 Å². The summed E-state index contributed by atoms with van der Waals surface area (Å²) in [7, 11) is 0. The number of hydrogen-bond acceptors (Lipinski definition) is 7. The monoisotopic (exact) mass is 451 g/mol. The van der Waals surface area contributed by atoms with Crippen molar-refractivity contribution < 1.29 is 4.74 Å². The van der Waals surface area contributed by atoms with Crippen LogP contribution in [0.2, 0.25) is 5.02 Å². The molecule has 0 radical (unpaired) electrons. The number of nitrogens with one attached hydrogen (secondary N) is 2. The van der Waals surface area contributed by atoms with Crippen LogP contribution in [0.25, 0.3) is 10.2 Å². The molecule has 2 N–H and O–H groups in total. The van der Waals surface area contributed by atoms with Crippen LogP contribution in [0.1, 0.15) is 30.0 Å². The number of pyridine rings is 1. The highest BCUT2D eigenvalue weighted by Crippen LogP contribution is 2.39. The van der Waals surface area contributed by atoms with Gasteiger partial charge < -0.3 is 15.4 Å². The highest BCUT2D eigenvalue weighted by Gasteiger charge is 2.21. The van der Waals surface area contributed by atoms with Gasteiger partial charge in [-0.25, -0.2) is 9.97 Å². The summed E-state index contributed by atoms with van der Waals surface area (Å²) in [5.74, 6) is 1.97. The molecule has 0 amide bonds. The number of halogens is 1. The van der Waals surface area contributed by atoms with Crippen molar-refractivity contribution in [2.75, 3.05) is 18.4 Å². The van der Waals surface area contributed by atoms with Gasteiger partial charge in [-0.15, -0.1) is 11.3 Å². The highest BCUT2D eigenvalue weighted by molar-refractivity contribution is 7.17. The second-order valence-electron chi connectivity index (χ2n) is 7.50. The van der Waals surface area contributed by atoms with E-state index in [4.69, 9.17) is 16.3 Å². The minimum absolute atomic E-state index is 0.369. The van der Waals surface area contributed by atoms with Gasteiger partial charge in [-0.05, 0) is 73.1 Å². The van der Waals surface area contributed by atoms with E-state index in [9.17, 15) is 0 Å². The molecule has 4 heterocycles. The fourth-order valence-electron chi connectivity index (χ4n) is 3.89. The number of aromatic nitrogens is 3. The number of nitrogens with zero attached hydrogens (tertiary/aromatic N) is 3. The molecule has 0 spiro atoms. The lowest BCUT2D eigenvalue weighted by Crippen LogP contribution is -2.26. The summed E-state index contributed by atoms with van der Waals surface area (Å²) >= 11 is 8.17. The van der Waals surface area contributed by atoms with Crippen LogP contribution in [-0.4, -0.2) is 28.0 Å². The molecule has 0 unspecified atom stereocenters. The summed E-state index contributed by atoms with van der Waals surface area (Å²) in [5.41, 5.74) is 3.05. The Balaban J connectivity index is 1.37. The van der Waals surface area contributed by atoms with Crippen molar-refractivity contribution >= 4 is 44.7 Å². The summed E-state index contributed by atoms with van der Waals surface area (Å²) in [6.07, 6.45) is 5.63. The molecule has 1 fully saturated rings. The van der Waals surface area contributed by atoms with Crippen LogP contribution in [0.4, 0.5) is 11.5 Å². The molecule has 8 heteroatoms. The topological polar surface area (TPSA) is 72.0 Å². The first-order valence-corrected chi connectivity index (χ1v) is 11.6. The highest BCUT2D eigenvalue weighted by atomic mass is 35.5. The molecular formula is C23H22ClN5OS. The first-order valence-electron chi connectivity index (χ1n) is 10.3. The van der Waals surface area contributed by atoms with E-state index < -0.39 is 0 Å². The van der Waals surface area contributed by atoms with Crippen LogP contribution in [0.3, 0.4) is 0 Å². The van der Waals surface area contributed by atoms with Crippen molar-refractivity contribution in [2.24, 2.45) is 0 Å². The number of ether oxygens (including phenoxy) is 1. The molecule has 0 aliphatic carbocycles. The molecule has 158 valence electrons. The molecule has 0 atom stereocenters. The van der Waals surface area contributed by atoms with E-state index in [0.29, 0.717) is 23.3 Å². The van der Waals surface area contributed by atoms with Crippen LogP contribution < -0.4 is 15.4 Å². The lowest BCUT2D eigenvalue weighted by atomic mass is 9.90. The zero-order valence-corrected chi connectivity index (χ0v) is 18.4. The maximum atomic E-state index is 6.49. The lowest BCUT2D eigenvalue weighted by Gasteiger charge is -2.22. The number of anilines is 2. The van der Waals surface area contributed by atoms with E-state index in [1.165, 1.54) is 5.56 Å². The van der Waals surface area contributed by atoms with Gasteiger partial charge in [-0.1, -0.05) is 17.7 Å². The third-order valence-electron chi connectivity index (χ3n) is 5.47. The van der Waals surface area contributed by atoms with Gasteiger partial charge in [0.25, 0.3) is 0 Å². The largest absolute Gasteiger partial charge is 0.486 e. The predicted octanol–water partition coefficient (Wildman–Crippen LogP) is 5.53. The van der Waals surface area contributed by atoms with E-state index >= 15 is 0 Å². The molecule has 6 nitrogen and oxygen atoms in total. The van der Waals surface area contributed by atoms with Gasteiger partial charge in [0, 0.05) is 11.9 Å². The van der Waals surface area contributed by atoms with Gasteiger partial charge >= 0.3 is 0 Å². The first-order chi connectivity index (χ1) is 15.3. The van der Waals surface area contributed by atoms with Crippen LogP contribution in [0.5, 0.6) is 5.75 Å². The molecule has 31 heavy (non-hydrogen) atoms. The molecule has 3 aromatic heterocycles. The Morgan fingerprint density at radius 1 is 1.13 bits per heavy atom.